The standard InChI is InChI=1S/C24H30N2O6/c1-2-16-11-23(29)32-20-12-18(6-7-19(16)20)31-15-21(27)25-13-22(28)26-10-9-24(30)8-4-3-5-17(24)14-26/h6-7,11-12,17,30H,2-5,8-10,13-15H2,1H3,(H,25,27)/t17-,24-/m0/s1. The Kier molecular flexibility index (Phi) is 6.50. The predicted octanol–water partition coefficient (Wildman–Crippen LogP) is 2.00. The molecule has 172 valence electrons. The minimum Gasteiger partial charge on any atom is -0.484 e. The van der Waals surface area contributed by atoms with Crippen LogP contribution < -0.4 is 15.7 Å². The highest BCUT2D eigenvalue weighted by atomic mass is 16.5. The zero-order valence-corrected chi connectivity index (χ0v) is 18.4. The minimum atomic E-state index is -0.636. The van der Waals surface area contributed by atoms with E-state index >= 15 is 0 Å². The predicted molar refractivity (Wildman–Crippen MR) is 118 cm³/mol. The first kappa shape index (κ1) is 22.3. The lowest BCUT2D eigenvalue weighted by Crippen LogP contribution is -2.56. The molecule has 2 fully saturated rings. The fourth-order valence-corrected chi connectivity index (χ4v) is 4.88. The van der Waals surface area contributed by atoms with Crippen LogP contribution in [-0.2, 0) is 16.0 Å². The van der Waals surface area contributed by atoms with Crippen molar-refractivity contribution >= 4 is 22.8 Å². The number of nitrogens with one attached hydrogen (secondary N) is 1. The second-order valence-corrected chi connectivity index (χ2v) is 8.80. The summed E-state index contributed by atoms with van der Waals surface area (Å²) >= 11 is 0. The van der Waals surface area contributed by atoms with E-state index < -0.39 is 17.1 Å². The summed E-state index contributed by atoms with van der Waals surface area (Å²) in [5.41, 5.74) is 0.244. The van der Waals surface area contributed by atoms with Gasteiger partial charge in [-0.15, -0.1) is 0 Å². The molecule has 32 heavy (non-hydrogen) atoms. The van der Waals surface area contributed by atoms with Crippen LogP contribution in [0.4, 0.5) is 0 Å². The lowest BCUT2D eigenvalue weighted by molar-refractivity contribution is -0.143. The van der Waals surface area contributed by atoms with Crippen molar-refractivity contribution in [3.8, 4) is 5.75 Å². The molecule has 0 unspecified atom stereocenters. The van der Waals surface area contributed by atoms with Crippen molar-refractivity contribution in [2.45, 2.75) is 51.0 Å². The number of hydrogen-bond acceptors (Lipinski definition) is 6. The highest BCUT2D eigenvalue weighted by molar-refractivity contribution is 5.86. The van der Waals surface area contributed by atoms with E-state index in [2.05, 4.69) is 5.32 Å². The molecule has 1 aliphatic heterocycles. The number of rotatable bonds is 6. The third-order valence-corrected chi connectivity index (χ3v) is 6.77. The highest BCUT2D eigenvalue weighted by Gasteiger charge is 2.43. The van der Waals surface area contributed by atoms with Crippen molar-refractivity contribution in [1.82, 2.24) is 10.2 Å². The zero-order chi connectivity index (χ0) is 22.7. The van der Waals surface area contributed by atoms with Crippen LogP contribution >= 0.6 is 0 Å². The van der Waals surface area contributed by atoms with E-state index in [0.717, 1.165) is 36.6 Å². The molecule has 0 spiro atoms. The minimum absolute atomic E-state index is 0.0974. The number of fused-ring (bicyclic) bond motifs is 2. The molecule has 1 saturated heterocycles. The van der Waals surface area contributed by atoms with E-state index in [9.17, 15) is 19.5 Å². The molecule has 2 amide bonds. The van der Waals surface area contributed by atoms with Crippen LogP contribution in [0, 0.1) is 5.92 Å². The molecule has 2 atom stereocenters. The van der Waals surface area contributed by atoms with Gasteiger partial charge in [-0.25, -0.2) is 4.79 Å². The second-order valence-electron chi connectivity index (χ2n) is 8.80. The average molecular weight is 443 g/mol. The maximum Gasteiger partial charge on any atom is 0.336 e. The summed E-state index contributed by atoms with van der Waals surface area (Å²) in [6.07, 6.45) is 5.17. The molecular weight excluding hydrogens is 412 g/mol. The Bertz CT molecular complexity index is 1060. The molecule has 8 nitrogen and oxygen atoms in total. The molecule has 0 bridgehead atoms. The Morgan fingerprint density at radius 3 is 2.94 bits per heavy atom. The van der Waals surface area contributed by atoms with E-state index in [1.54, 1.807) is 23.1 Å². The molecule has 1 saturated carbocycles. The topological polar surface area (TPSA) is 109 Å². The van der Waals surface area contributed by atoms with Crippen LogP contribution in [0.15, 0.2) is 33.5 Å². The van der Waals surface area contributed by atoms with Crippen molar-refractivity contribution in [3.63, 3.8) is 0 Å². The van der Waals surface area contributed by atoms with Gasteiger partial charge in [0.1, 0.15) is 11.3 Å². The fraction of sp³-hybridized carbons (Fsp3) is 0.542. The van der Waals surface area contributed by atoms with Gasteiger partial charge in [0.05, 0.1) is 12.1 Å². The van der Waals surface area contributed by atoms with E-state index in [1.807, 2.05) is 6.92 Å². The Morgan fingerprint density at radius 2 is 2.12 bits per heavy atom. The maximum atomic E-state index is 12.5. The van der Waals surface area contributed by atoms with Crippen LogP contribution in [0.2, 0.25) is 0 Å². The van der Waals surface area contributed by atoms with Crippen molar-refractivity contribution < 1.29 is 23.8 Å². The number of ether oxygens (including phenoxy) is 1. The van der Waals surface area contributed by atoms with Gasteiger partial charge in [-0.2, -0.15) is 0 Å². The third kappa shape index (κ3) is 4.80. The summed E-state index contributed by atoms with van der Waals surface area (Å²) in [4.78, 5) is 38.2. The number of carbonyl (C=O) groups excluding carboxylic acids is 2. The number of amides is 2. The van der Waals surface area contributed by atoms with Crippen molar-refractivity contribution in [1.29, 1.82) is 0 Å². The lowest BCUT2D eigenvalue weighted by Gasteiger charge is -2.47. The molecule has 0 radical (unpaired) electrons. The first-order valence-electron chi connectivity index (χ1n) is 11.3. The quantitative estimate of drug-likeness (QED) is 0.663. The smallest absolute Gasteiger partial charge is 0.336 e. The summed E-state index contributed by atoms with van der Waals surface area (Å²) in [7, 11) is 0. The number of aryl methyl sites for hydroxylation is 1. The van der Waals surface area contributed by atoms with E-state index in [0.29, 0.717) is 37.3 Å². The highest BCUT2D eigenvalue weighted by Crippen LogP contribution is 2.39. The van der Waals surface area contributed by atoms with Gasteiger partial charge in [-0.05, 0) is 43.4 Å². The van der Waals surface area contributed by atoms with Crippen molar-refractivity contribution in [3.05, 3.63) is 40.2 Å². The number of hydrogen-bond donors (Lipinski definition) is 2. The normalized spacial score (nSPS) is 22.9. The SMILES string of the molecule is CCc1cc(=O)oc2cc(OCC(=O)NCC(=O)N3CC[C@@]4(O)CCCC[C@H]4C3)ccc12. The molecule has 2 N–H and O–H groups in total. The van der Waals surface area contributed by atoms with E-state index in [4.69, 9.17) is 9.15 Å². The van der Waals surface area contributed by atoms with Gasteiger partial charge in [0, 0.05) is 36.5 Å². The Balaban J connectivity index is 1.27. The Labute approximate surface area is 186 Å². The van der Waals surface area contributed by atoms with Crippen molar-refractivity contribution in [2.24, 2.45) is 5.92 Å². The summed E-state index contributed by atoms with van der Waals surface area (Å²) in [6, 6.07) is 6.59. The van der Waals surface area contributed by atoms with Gasteiger partial charge in [-0.1, -0.05) is 19.8 Å². The molecule has 1 aliphatic carbocycles. The van der Waals surface area contributed by atoms with Crippen LogP contribution in [0.25, 0.3) is 11.0 Å². The van der Waals surface area contributed by atoms with Gasteiger partial charge in [0.15, 0.2) is 6.61 Å². The molecule has 2 aromatic rings. The average Bonchev–Trinajstić information content (AvgIpc) is 2.79. The number of aliphatic hydroxyl groups is 1. The molecule has 2 aliphatic rings. The van der Waals surface area contributed by atoms with Crippen LogP contribution in [-0.4, -0.2) is 53.7 Å². The number of nitrogens with zero attached hydrogens (tertiary/aromatic N) is 1. The molecule has 1 aromatic carbocycles. The van der Waals surface area contributed by atoms with Gasteiger partial charge in [0.25, 0.3) is 5.91 Å². The fourth-order valence-electron chi connectivity index (χ4n) is 4.88. The third-order valence-electron chi connectivity index (χ3n) is 6.77. The van der Waals surface area contributed by atoms with Gasteiger partial charge >= 0.3 is 5.63 Å². The largest absolute Gasteiger partial charge is 0.484 e. The lowest BCUT2D eigenvalue weighted by atomic mass is 9.71. The summed E-state index contributed by atoms with van der Waals surface area (Å²) < 4.78 is 10.8. The Morgan fingerprint density at radius 1 is 1.28 bits per heavy atom. The van der Waals surface area contributed by atoms with Gasteiger partial charge in [0.2, 0.25) is 5.91 Å². The molecule has 8 heteroatoms. The molecule has 2 heterocycles. The summed E-state index contributed by atoms with van der Waals surface area (Å²) in [5, 5.41) is 14.2. The molecule has 1 aromatic heterocycles. The number of carbonyl (C=O) groups is 2. The van der Waals surface area contributed by atoms with Gasteiger partial charge in [-0.3, -0.25) is 9.59 Å². The zero-order valence-electron chi connectivity index (χ0n) is 18.4. The molecular formula is C24H30N2O6. The Hall–Kier alpha value is -2.87. The van der Waals surface area contributed by atoms with E-state index in [-0.39, 0.29) is 25.0 Å². The molecule has 4 rings (SSSR count). The number of benzene rings is 1. The van der Waals surface area contributed by atoms with E-state index in [1.165, 1.54) is 6.07 Å². The second kappa shape index (κ2) is 9.32. The van der Waals surface area contributed by atoms with Crippen LogP contribution in [0.3, 0.4) is 0 Å². The number of likely N-dealkylation sites (tertiary alicyclic amines) is 1. The maximum absolute atomic E-state index is 12.5. The first-order chi connectivity index (χ1) is 15.4. The van der Waals surface area contributed by atoms with Crippen LogP contribution in [0.1, 0.15) is 44.6 Å². The summed E-state index contributed by atoms with van der Waals surface area (Å²) in [5.74, 6) is -0.0314. The number of piperidine rings is 1. The first-order valence-corrected chi connectivity index (χ1v) is 11.3. The van der Waals surface area contributed by atoms with Crippen LogP contribution in [0.5, 0.6) is 5.75 Å². The van der Waals surface area contributed by atoms with Crippen molar-refractivity contribution in [2.75, 3.05) is 26.2 Å². The monoisotopic (exact) mass is 442 g/mol. The summed E-state index contributed by atoms with van der Waals surface area (Å²) in [6.45, 7) is 2.67. The van der Waals surface area contributed by atoms with Gasteiger partial charge < -0.3 is 24.5 Å².